The van der Waals surface area contributed by atoms with Crippen molar-refractivity contribution in [3.63, 3.8) is 0 Å². The molecule has 2 aliphatic rings. The number of aliphatic carboxylic acids is 1. The number of carboxylic acids is 1. The molecule has 0 aromatic heterocycles. The van der Waals surface area contributed by atoms with E-state index in [2.05, 4.69) is 11.9 Å². The molecule has 0 saturated carbocycles. The molecule has 1 N–H and O–H groups in total. The van der Waals surface area contributed by atoms with Crippen molar-refractivity contribution in [2.75, 3.05) is 7.05 Å². The summed E-state index contributed by atoms with van der Waals surface area (Å²) in [4.78, 5) is 25.7. The number of hydrogen-bond acceptors (Lipinski definition) is 4. The Morgan fingerprint density at radius 2 is 2.00 bits per heavy atom. The topological polar surface area (TPSA) is 66.8 Å². The Labute approximate surface area is 136 Å². The molecule has 0 amide bonds. The summed E-state index contributed by atoms with van der Waals surface area (Å²) < 4.78 is 5.79. The number of nitrogens with zero attached hydrogens (tertiary/aromatic N) is 1. The number of rotatable bonds is 5. The number of carbonyl (C=O) groups is 2. The molecule has 0 radical (unpaired) electrons. The van der Waals surface area contributed by atoms with Crippen LogP contribution in [-0.4, -0.2) is 47.2 Å². The monoisotopic (exact) mass is 317 g/mol. The molecular formula is C18H23NO4. The minimum absolute atomic E-state index is 0.0995. The van der Waals surface area contributed by atoms with Crippen LogP contribution in [0.25, 0.3) is 0 Å². The molecule has 5 nitrogen and oxygen atoms in total. The van der Waals surface area contributed by atoms with Gasteiger partial charge < -0.3 is 9.84 Å². The lowest BCUT2D eigenvalue weighted by Gasteiger charge is -2.42. The Balaban J connectivity index is 1.73. The lowest BCUT2D eigenvalue weighted by atomic mass is 9.84. The SMILES string of the molecule is CN1C2CCC1C(CCC(=O)O)C(OC(=O)c1ccccc1)C2. The van der Waals surface area contributed by atoms with Crippen LogP contribution < -0.4 is 0 Å². The van der Waals surface area contributed by atoms with Crippen molar-refractivity contribution in [2.24, 2.45) is 5.92 Å². The standard InChI is InChI=1S/C18H23NO4/c1-19-13-7-9-15(19)14(8-10-17(20)21)16(11-13)23-18(22)12-5-3-2-4-6-12/h2-6,13-16H,7-11H2,1H3,(H,20,21). The van der Waals surface area contributed by atoms with Gasteiger partial charge in [-0.25, -0.2) is 4.79 Å². The van der Waals surface area contributed by atoms with Gasteiger partial charge in [0, 0.05) is 30.8 Å². The van der Waals surface area contributed by atoms with Gasteiger partial charge in [0.2, 0.25) is 0 Å². The van der Waals surface area contributed by atoms with Gasteiger partial charge in [0.05, 0.1) is 5.56 Å². The molecular weight excluding hydrogens is 294 g/mol. The highest BCUT2D eigenvalue weighted by atomic mass is 16.5. The number of carbonyl (C=O) groups excluding carboxylic acids is 1. The third kappa shape index (κ3) is 3.39. The van der Waals surface area contributed by atoms with E-state index in [4.69, 9.17) is 9.84 Å². The van der Waals surface area contributed by atoms with Crippen molar-refractivity contribution in [1.82, 2.24) is 4.90 Å². The second-order valence-corrected chi connectivity index (χ2v) is 6.61. The van der Waals surface area contributed by atoms with Crippen LogP contribution in [0.1, 0.15) is 42.5 Å². The second-order valence-electron chi connectivity index (χ2n) is 6.61. The first kappa shape index (κ1) is 16.0. The zero-order valence-corrected chi connectivity index (χ0v) is 13.4. The fraction of sp³-hybridized carbons (Fsp3) is 0.556. The highest BCUT2D eigenvalue weighted by Crippen LogP contribution is 2.41. The Morgan fingerprint density at radius 3 is 2.70 bits per heavy atom. The summed E-state index contributed by atoms with van der Waals surface area (Å²) in [5.41, 5.74) is 0.552. The van der Waals surface area contributed by atoms with Crippen LogP contribution >= 0.6 is 0 Å². The number of benzene rings is 1. The zero-order valence-electron chi connectivity index (χ0n) is 13.4. The summed E-state index contributed by atoms with van der Waals surface area (Å²) in [6.07, 6.45) is 3.46. The van der Waals surface area contributed by atoms with Crippen molar-refractivity contribution < 1.29 is 19.4 Å². The lowest BCUT2D eigenvalue weighted by molar-refractivity contribution is -0.137. The molecule has 2 saturated heterocycles. The maximum atomic E-state index is 12.4. The summed E-state index contributed by atoms with van der Waals surface area (Å²) in [5.74, 6) is -0.997. The molecule has 1 aromatic rings. The van der Waals surface area contributed by atoms with Crippen molar-refractivity contribution in [3.8, 4) is 0 Å². The maximum Gasteiger partial charge on any atom is 0.338 e. The van der Waals surface area contributed by atoms with Crippen LogP contribution in [0.15, 0.2) is 30.3 Å². The third-order valence-electron chi connectivity index (χ3n) is 5.33. The maximum absolute atomic E-state index is 12.4. The first-order valence-corrected chi connectivity index (χ1v) is 8.26. The fourth-order valence-electron chi connectivity index (χ4n) is 4.12. The van der Waals surface area contributed by atoms with Gasteiger partial charge >= 0.3 is 11.9 Å². The van der Waals surface area contributed by atoms with Gasteiger partial charge in [-0.15, -0.1) is 0 Å². The van der Waals surface area contributed by atoms with Crippen molar-refractivity contribution in [3.05, 3.63) is 35.9 Å². The first-order valence-electron chi connectivity index (χ1n) is 8.26. The van der Waals surface area contributed by atoms with Crippen molar-refractivity contribution in [1.29, 1.82) is 0 Å². The largest absolute Gasteiger partial charge is 0.481 e. The van der Waals surface area contributed by atoms with Gasteiger partial charge in [-0.2, -0.15) is 0 Å². The van der Waals surface area contributed by atoms with E-state index >= 15 is 0 Å². The van der Waals surface area contributed by atoms with Gasteiger partial charge in [0.15, 0.2) is 0 Å². The molecule has 1 aromatic carbocycles. The fourth-order valence-corrected chi connectivity index (χ4v) is 4.12. The molecule has 0 spiro atoms. The Bertz CT molecular complexity index is 574. The number of carboxylic acid groups (broad SMARTS) is 1. The van der Waals surface area contributed by atoms with E-state index in [1.165, 1.54) is 0 Å². The van der Waals surface area contributed by atoms with Crippen molar-refractivity contribution in [2.45, 2.75) is 50.3 Å². The molecule has 2 bridgehead atoms. The molecule has 0 aliphatic carbocycles. The van der Waals surface area contributed by atoms with E-state index in [1.54, 1.807) is 12.1 Å². The highest BCUT2D eigenvalue weighted by molar-refractivity contribution is 5.89. The highest BCUT2D eigenvalue weighted by Gasteiger charge is 2.46. The lowest BCUT2D eigenvalue weighted by Crippen LogP contribution is -2.50. The molecule has 2 fully saturated rings. The minimum atomic E-state index is -0.791. The normalized spacial score (nSPS) is 30.1. The number of piperidine rings is 1. The van der Waals surface area contributed by atoms with Crippen LogP contribution in [0.4, 0.5) is 0 Å². The summed E-state index contributed by atoms with van der Waals surface area (Å²) in [6.45, 7) is 0. The average Bonchev–Trinajstić information content (AvgIpc) is 2.79. The van der Waals surface area contributed by atoms with E-state index in [9.17, 15) is 9.59 Å². The number of ether oxygens (including phenoxy) is 1. The Hall–Kier alpha value is -1.88. The van der Waals surface area contributed by atoms with E-state index in [0.717, 1.165) is 19.3 Å². The summed E-state index contributed by atoms with van der Waals surface area (Å²) in [7, 11) is 2.10. The predicted molar refractivity (Wildman–Crippen MR) is 85.2 cm³/mol. The molecule has 5 heteroatoms. The Morgan fingerprint density at radius 1 is 1.26 bits per heavy atom. The van der Waals surface area contributed by atoms with E-state index in [0.29, 0.717) is 24.1 Å². The average molecular weight is 317 g/mol. The summed E-state index contributed by atoms with van der Waals surface area (Å²) >= 11 is 0. The molecule has 2 heterocycles. The minimum Gasteiger partial charge on any atom is -0.481 e. The predicted octanol–water partition coefficient (Wildman–Crippen LogP) is 2.56. The molecule has 2 aliphatic heterocycles. The van der Waals surface area contributed by atoms with Crippen molar-refractivity contribution >= 4 is 11.9 Å². The van der Waals surface area contributed by atoms with Gasteiger partial charge in [-0.05, 0) is 38.4 Å². The van der Waals surface area contributed by atoms with Gasteiger partial charge in [0.1, 0.15) is 6.10 Å². The van der Waals surface area contributed by atoms with Crippen LogP contribution in [0.5, 0.6) is 0 Å². The number of esters is 1. The van der Waals surface area contributed by atoms with E-state index < -0.39 is 5.97 Å². The zero-order chi connectivity index (χ0) is 16.4. The number of hydrogen-bond donors (Lipinski definition) is 1. The molecule has 23 heavy (non-hydrogen) atoms. The molecule has 3 rings (SSSR count). The van der Waals surface area contributed by atoms with Gasteiger partial charge in [-0.3, -0.25) is 9.69 Å². The van der Waals surface area contributed by atoms with Gasteiger partial charge in [-0.1, -0.05) is 18.2 Å². The van der Waals surface area contributed by atoms with Gasteiger partial charge in [0.25, 0.3) is 0 Å². The van der Waals surface area contributed by atoms with Crippen LogP contribution in [0.3, 0.4) is 0 Å². The van der Waals surface area contributed by atoms with E-state index in [1.807, 2.05) is 18.2 Å². The van der Waals surface area contributed by atoms with E-state index in [-0.39, 0.29) is 24.4 Å². The molecule has 124 valence electrons. The second kappa shape index (κ2) is 6.71. The first-order chi connectivity index (χ1) is 11.1. The quantitative estimate of drug-likeness (QED) is 0.845. The van der Waals surface area contributed by atoms with Crippen LogP contribution in [0, 0.1) is 5.92 Å². The smallest absolute Gasteiger partial charge is 0.338 e. The molecule has 4 atom stereocenters. The van der Waals surface area contributed by atoms with Crippen LogP contribution in [0.2, 0.25) is 0 Å². The summed E-state index contributed by atoms with van der Waals surface area (Å²) in [5, 5.41) is 9.00. The van der Waals surface area contributed by atoms with Crippen LogP contribution in [-0.2, 0) is 9.53 Å². The third-order valence-corrected chi connectivity index (χ3v) is 5.33. The number of fused-ring (bicyclic) bond motifs is 2. The Kier molecular flexibility index (Phi) is 4.66. The molecule has 4 unspecified atom stereocenters. The summed E-state index contributed by atoms with van der Waals surface area (Å²) in [6, 6.07) is 9.75.